The van der Waals surface area contributed by atoms with Gasteiger partial charge < -0.3 is 0 Å². The second-order valence-electron chi connectivity index (χ2n) is 1.68. The van der Waals surface area contributed by atoms with Crippen molar-refractivity contribution in [2.24, 2.45) is 0 Å². The van der Waals surface area contributed by atoms with Crippen LogP contribution in [0.5, 0.6) is 0 Å². The Bertz CT molecular complexity index is 297. The zero-order valence-corrected chi connectivity index (χ0v) is 7.63. The van der Waals surface area contributed by atoms with Crippen LogP contribution in [0, 0.1) is 9.56 Å². The minimum atomic E-state index is -5.57. The first-order chi connectivity index (χ1) is 5.27. The van der Waals surface area contributed by atoms with Crippen molar-refractivity contribution in [3.63, 3.8) is 0 Å². The van der Waals surface area contributed by atoms with Crippen molar-refractivity contribution >= 4 is 18.0 Å². The molecule has 0 unspecified atom stereocenters. The quantitative estimate of drug-likeness (QED) is 0.490. The van der Waals surface area contributed by atoms with Crippen molar-refractivity contribution in [2.75, 3.05) is 6.61 Å². The summed E-state index contributed by atoms with van der Waals surface area (Å²) in [4.78, 5) is 0. The van der Waals surface area contributed by atoms with Gasteiger partial charge in [-0.25, -0.2) is 14.1 Å². The molecule has 0 atom stereocenters. The van der Waals surface area contributed by atoms with E-state index < -0.39 is 18.0 Å². The summed E-state index contributed by atoms with van der Waals surface area (Å²) in [7, 11) is -9.21. The fraction of sp³-hybridized carbons (Fsp3) is 0.333. The summed E-state index contributed by atoms with van der Waals surface area (Å²) in [6.07, 6.45) is 1.20. The molecule has 0 radical (unpaired) electrons. The largest absolute Gasteiger partial charge is 0.493 e. The molecule has 0 aliphatic carbocycles. The van der Waals surface area contributed by atoms with Gasteiger partial charge >= 0.3 is 7.91 Å². The van der Waals surface area contributed by atoms with Gasteiger partial charge in [-0.05, 0) is 0 Å². The van der Waals surface area contributed by atoms with Gasteiger partial charge in [0.25, 0.3) is 0 Å². The normalized spacial score (nSPS) is 12.8. The second-order valence-corrected chi connectivity index (χ2v) is 4.69. The third-order valence-electron chi connectivity index (χ3n) is 0.597. The summed E-state index contributed by atoms with van der Waals surface area (Å²) in [5.74, 6) is 0. The molecule has 0 spiro atoms. The molecule has 9 heteroatoms. The SMILES string of the molecule is C=CCOS(=N)(=N)NP(=O)(F)F. The van der Waals surface area contributed by atoms with E-state index in [0.29, 0.717) is 0 Å². The minimum Gasteiger partial charge on any atom is -0.284 e. The van der Waals surface area contributed by atoms with Crippen molar-refractivity contribution < 1.29 is 17.1 Å². The Morgan fingerprint density at radius 3 is 2.50 bits per heavy atom. The minimum absolute atomic E-state index is 0.213. The van der Waals surface area contributed by atoms with Gasteiger partial charge in [0.15, 0.2) is 0 Å². The number of hydrogen-bond acceptors (Lipinski definition) is 4. The van der Waals surface area contributed by atoms with E-state index in [-0.39, 0.29) is 6.61 Å². The summed E-state index contributed by atoms with van der Waals surface area (Å²) >= 11 is 0. The molecule has 0 heterocycles. The van der Waals surface area contributed by atoms with Crippen molar-refractivity contribution in [1.29, 1.82) is 9.56 Å². The Balaban J connectivity index is 4.25. The van der Waals surface area contributed by atoms with Gasteiger partial charge in [0.05, 0.1) is 6.61 Å². The van der Waals surface area contributed by atoms with Gasteiger partial charge in [-0.15, -0.1) is 19.5 Å². The van der Waals surface area contributed by atoms with Crippen LogP contribution < -0.4 is 4.49 Å². The van der Waals surface area contributed by atoms with Crippen molar-refractivity contribution in [1.82, 2.24) is 4.49 Å². The molecule has 0 aromatic rings. The number of nitrogens with one attached hydrogen (secondary N) is 3. The molecular formula is C3H8F2N3O2PS. The standard InChI is InChI=1S/C3H8F2N3O2PS/c1-2-3-10-12(6,7)8-11(4,5)9/h2H,1,3H2,(H3,6,7,8,9). The monoisotopic (exact) mass is 219 g/mol. The molecule has 72 valence electrons. The summed E-state index contributed by atoms with van der Waals surface area (Å²) in [6.45, 7) is 2.98. The van der Waals surface area contributed by atoms with Gasteiger partial charge in [-0.2, -0.15) is 0 Å². The van der Waals surface area contributed by atoms with Gasteiger partial charge in [0, 0.05) is 0 Å². The highest BCUT2D eigenvalue weighted by molar-refractivity contribution is 7.92. The molecule has 12 heavy (non-hydrogen) atoms. The van der Waals surface area contributed by atoms with Crippen LogP contribution in [0.4, 0.5) is 8.39 Å². The van der Waals surface area contributed by atoms with Crippen molar-refractivity contribution in [3.05, 3.63) is 12.7 Å². The van der Waals surface area contributed by atoms with Crippen LogP contribution in [0.3, 0.4) is 0 Å². The van der Waals surface area contributed by atoms with E-state index in [2.05, 4.69) is 10.8 Å². The lowest BCUT2D eigenvalue weighted by Gasteiger charge is -2.09. The predicted molar refractivity (Wildman–Crippen MR) is 41.9 cm³/mol. The zero-order chi connectivity index (χ0) is 9.83. The van der Waals surface area contributed by atoms with Gasteiger partial charge in [0.1, 0.15) is 10.1 Å². The van der Waals surface area contributed by atoms with Crippen LogP contribution in [-0.4, -0.2) is 6.61 Å². The summed E-state index contributed by atoms with van der Waals surface area (Å²) < 4.78 is 52.2. The van der Waals surface area contributed by atoms with Crippen LogP contribution >= 0.6 is 7.91 Å². The highest BCUT2D eigenvalue weighted by atomic mass is 32.2. The van der Waals surface area contributed by atoms with Crippen LogP contribution in [0.15, 0.2) is 12.7 Å². The molecule has 3 N–H and O–H groups in total. The van der Waals surface area contributed by atoms with Crippen molar-refractivity contribution in [3.8, 4) is 0 Å². The molecule has 0 fully saturated rings. The lowest BCUT2D eigenvalue weighted by Crippen LogP contribution is -2.17. The molecule has 0 aliphatic rings. The number of hydrogen-bond donors (Lipinski definition) is 3. The molecule has 0 rings (SSSR count). The number of rotatable bonds is 5. The Kier molecular flexibility index (Phi) is 3.98. The molecule has 0 aromatic carbocycles. The third-order valence-corrected chi connectivity index (χ3v) is 2.97. The van der Waals surface area contributed by atoms with Gasteiger partial charge in [-0.3, -0.25) is 4.18 Å². The second kappa shape index (κ2) is 4.08. The Morgan fingerprint density at radius 2 is 2.17 bits per heavy atom. The van der Waals surface area contributed by atoms with E-state index in [1.807, 2.05) is 0 Å². The van der Waals surface area contributed by atoms with E-state index >= 15 is 0 Å². The topological polar surface area (TPSA) is 86.0 Å². The smallest absolute Gasteiger partial charge is 0.284 e. The molecule has 0 aromatic heterocycles. The number of halogens is 2. The van der Waals surface area contributed by atoms with Crippen LogP contribution in [-0.2, 0) is 18.8 Å². The molecule has 0 saturated heterocycles. The first-order valence-corrected chi connectivity index (χ1v) is 5.68. The summed E-state index contributed by atoms with van der Waals surface area (Å²) in [5.41, 5.74) is 0. The highest BCUT2D eigenvalue weighted by Gasteiger charge is 2.22. The van der Waals surface area contributed by atoms with E-state index in [9.17, 15) is 13.0 Å². The Labute approximate surface area is 69.2 Å². The fourth-order valence-corrected chi connectivity index (χ4v) is 2.03. The Hall–Kier alpha value is -0.300. The van der Waals surface area contributed by atoms with Crippen LogP contribution in [0.2, 0.25) is 0 Å². The van der Waals surface area contributed by atoms with Gasteiger partial charge in [-0.1, -0.05) is 6.08 Å². The Morgan fingerprint density at radius 1 is 1.67 bits per heavy atom. The summed E-state index contributed by atoms with van der Waals surface area (Å²) in [5, 5.41) is 0. The highest BCUT2D eigenvalue weighted by Crippen LogP contribution is 2.45. The van der Waals surface area contributed by atoms with E-state index in [1.54, 1.807) is 0 Å². The lowest BCUT2D eigenvalue weighted by atomic mass is 10.7. The first-order valence-electron chi connectivity index (χ1n) is 2.63. The zero-order valence-electron chi connectivity index (χ0n) is 5.92. The fourth-order valence-electron chi connectivity index (χ4n) is 0.326. The average molecular weight is 219 g/mol. The molecule has 5 nitrogen and oxygen atoms in total. The van der Waals surface area contributed by atoms with Crippen LogP contribution in [0.25, 0.3) is 0 Å². The maximum absolute atomic E-state index is 11.8. The third kappa shape index (κ3) is 6.41. The molecule has 0 saturated carbocycles. The van der Waals surface area contributed by atoms with Crippen LogP contribution in [0.1, 0.15) is 0 Å². The summed E-state index contributed by atoms with van der Waals surface area (Å²) in [6, 6.07) is 0. The maximum atomic E-state index is 11.8. The maximum Gasteiger partial charge on any atom is 0.493 e. The molecule has 0 bridgehead atoms. The van der Waals surface area contributed by atoms with E-state index in [4.69, 9.17) is 9.56 Å². The lowest BCUT2D eigenvalue weighted by molar-refractivity contribution is 0.404. The molecule has 0 amide bonds. The van der Waals surface area contributed by atoms with Gasteiger partial charge in [0.2, 0.25) is 0 Å². The molecular weight excluding hydrogens is 211 g/mol. The first kappa shape index (κ1) is 11.7. The predicted octanol–water partition coefficient (Wildman–Crippen LogP) is 2.33. The van der Waals surface area contributed by atoms with Crippen molar-refractivity contribution in [2.45, 2.75) is 0 Å². The van der Waals surface area contributed by atoms with E-state index in [1.165, 1.54) is 6.08 Å². The molecule has 0 aliphatic heterocycles. The average Bonchev–Trinajstić information content (AvgIpc) is 1.78. The van der Waals surface area contributed by atoms with E-state index in [0.717, 1.165) is 4.49 Å².